The fourth-order valence-corrected chi connectivity index (χ4v) is 2.49. The largest absolute Gasteiger partial charge is 0.573 e. The maximum atomic E-state index is 13.5. The van der Waals surface area contributed by atoms with Crippen molar-refractivity contribution in [1.29, 1.82) is 5.26 Å². The van der Waals surface area contributed by atoms with Gasteiger partial charge in [-0.25, -0.2) is 8.78 Å². The predicted molar refractivity (Wildman–Crippen MR) is 93.8 cm³/mol. The van der Waals surface area contributed by atoms with Gasteiger partial charge in [-0.2, -0.15) is 5.26 Å². The smallest absolute Gasteiger partial charge is 0.468 e. The first-order valence-electron chi connectivity index (χ1n) is 7.87. The molecule has 0 aliphatic carbocycles. The van der Waals surface area contributed by atoms with E-state index in [4.69, 9.17) is 10.00 Å². The van der Waals surface area contributed by atoms with Crippen LogP contribution in [0.4, 0.5) is 22.0 Å². The number of benzene rings is 2. The second kappa shape index (κ2) is 9.09. The van der Waals surface area contributed by atoms with Gasteiger partial charge in [0.25, 0.3) is 5.91 Å². The molecule has 2 aromatic rings. The van der Waals surface area contributed by atoms with Crippen molar-refractivity contribution in [2.24, 2.45) is 5.92 Å². The molecule has 2 rings (SSSR count). The van der Waals surface area contributed by atoms with E-state index in [1.54, 1.807) is 0 Å². The van der Waals surface area contributed by atoms with Crippen molar-refractivity contribution < 1.29 is 36.2 Å². The summed E-state index contributed by atoms with van der Waals surface area (Å²) in [7, 11) is 0. The van der Waals surface area contributed by atoms with Crippen molar-refractivity contribution in [2.45, 2.75) is 19.5 Å². The molecule has 11 heteroatoms. The van der Waals surface area contributed by atoms with Crippen molar-refractivity contribution in [2.75, 3.05) is 0 Å². The monoisotopic (exact) mass is 478 g/mol. The Bertz CT molecular complexity index is 929. The Balaban J connectivity index is 2.17. The van der Waals surface area contributed by atoms with Gasteiger partial charge in [0.1, 0.15) is 11.5 Å². The van der Waals surface area contributed by atoms with Gasteiger partial charge in [0.15, 0.2) is 17.9 Å². The minimum atomic E-state index is -4.87. The van der Waals surface area contributed by atoms with Gasteiger partial charge in [-0.1, -0.05) is 0 Å². The van der Waals surface area contributed by atoms with Crippen LogP contribution in [0.1, 0.15) is 17.3 Å². The molecule has 29 heavy (non-hydrogen) atoms. The number of ether oxygens (including phenoxy) is 2. The number of alkyl halides is 3. The van der Waals surface area contributed by atoms with Gasteiger partial charge >= 0.3 is 6.36 Å². The van der Waals surface area contributed by atoms with Gasteiger partial charge in [0.05, 0.1) is 16.5 Å². The Kier molecular flexibility index (Phi) is 7.02. The number of nitriles is 1. The molecule has 0 fully saturated rings. The van der Waals surface area contributed by atoms with Crippen molar-refractivity contribution in [3.63, 3.8) is 0 Å². The molecule has 1 N–H and O–H groups in total. The number of nitrogens with zero attached hydrogens (tertiary/aromatic N) is 1. The van der Waals surface area contributed by atoms with E-state index in [1.807, 2.05) is 6.07 Å². The topological polar surface area (TPSA) is 71.4 Å². The van der Waals surface area contributed by atoms with Crippen LogP contribution in [0.3, 0.4) is 0 Å². The molecule has 1 amide bonds. The third-order valence-corrected chi connectivity index (χ3v) is 4.13. The molecule has 2 atom stereocenters. The van der Waals surface area contributed by atoms with Gasteiger partial charge in [0.2, 0.25) is 0 Å². The highest BCUT2D eigenvalue weighted by atomic mass is 79.9. The molecule has 154 valence electrons. The minimum absolute atomic E-state index is 0.0392. The summed E-state index contributed by atoms with van der Waals surface area (Å²) in [5, 5.41) is 11.5. The molecule has 0 aliphatic heterocycles. The summed E-state index contributed by atoms with van der Waals surface area (Å²) >= 11 is 2.99. The van der Waals surface area contributed by atoms with Gasteiger partial charge < -0.3 is 14.8 Å². The van der Waals surface area contributed by atoms with Crippen LogP contribution in [0.5, 0.6) is 11.5 Å². The van der Waals surface area contributed by atoms with Crippen LogP contribution in [-0.2, 0) is 0 Å². The van der Waals surface area contributed by atoms with Crippen molar-refractivity contribution in [1.82, 2.24) is 5.32 Å². The number of rotatable bonds is 6. The highest BCUT2D eigenvalue weighted by Gasteiger charge is 2.31. The second-order valence-corrected chi connectivity index (χ2v) is 6.55. The molecule has 0 radical (unpaired) electrons. The summed E-state index contributed by atoms with van der Waals surface area (Å²) in [5.41, 5.74) is -0.0392. The lowest BCUT2D eigenvalue weighted by atomic mass is 10.1. The summed E-state index contributed by atoms with van der Waals surface area (Å²) in [6.45, 7) is 1.42. The summed E-state index contributed by atoms with van der Waals surface area (Å²) in [6.07, 6.45) is -6.14. The Labute approximate surface area is 170 Å². The lowest BCUT2D eigenvalue weighted by Crippen LogP contribution is -2.43. The number of amides is 1. The number of halogens is 6. The normalized spacial score (nSPS) is 13.2. The summed E-state index contributed by atoms with van der Waals surface area (Å²) in [6, 6.07) is 7.46. The van der Waals surface area contributed by atoms with Crippen LogP contribution in [-0.4, -0.2) is 18.5 Å². The first kappa shape index (κ1) is 22.4. The average Bonchev–Trinajstić information content (AvgIpc) is 2.64. The maximum absolute atomic E-state index is 13.5. The maximum Gasteiger partial charge on any atom is 0.573 e. The van der Waals surface area contributed by atoms with Gasteiger partial charge in [0, 0.05) is 11.6 Å². The Morgan fingerprint density at radius 3 is 2.31 bits per heavy atom. The molecule has 0 aliphatic rings. The number of nitrogens with one attached hydrogen (secondary N) is 1. The van der Waals surface area contributed by atoms with E-state index >= 15 is 0 Å². The number of hydrogen-bond donors (Lipinski definition) is 1. The Morgan fingerprint density at radius 2 is 1.76 bits per heavy atom. The molecule has 0 aromatic heterocycles. The quantitative estimate of drug-likeness (QED) is 0.363. The number of carbonyl (C=O) groups is 1. The summed E-state index contributed by atoms with van der Waals surface area (Å²) in [4.78, 5) is 12.4. The SMILES string of the molecule is CC(C#N)C(NC(=O)c1ccc(OC(F)(F)F)cc1)Oc1cc(F)c(F)cc1Br. The fourth-order valence-electron chi connectivity index (χ4n) is 2.08. The Morgan fingerprint density at radius 1 is 1.17 bits per heavy atom. The average molecular weight is 479 g/mol. The first-order chi connectivity index (χ1) is 13.5. The van der Waals surface area contributed by atoms with E-state index in [1.165, 1.54) is 6.92 Å². The van der Waals surface area contributed by atoms with Crippen LogP contribution in [0.2, 0.25) is 0 Å². The summed E-state index contributed by atoms with van der Waals surface area (Å²) < 4.78 is 72.5. The molecular formula is C18H12BrF5N2O3. The van der Waals surface area contributed by atoms with E-state index in [2.05, 4.69) is 26.0 Å². The lowest BCUT2D eigenvalue weighted by Gasteiger charge is -2.23. The number of hydrogen-bond acceptors (Lipinski definition) is 4. The minimum Gasteiger partial charge on any atom is -0.468 e. The lowest BCUT2D eigenvalue weighted by molar-refractivity contribution is -0.274. The van der Waals surface area contributed by atoms with E-state index < -0.39 is 41.8 Å². The third kappa shape index (κ3) is 6.32. The van der Waals surface area contributed by atoms with Crippen LogP contribution < -0.4 is 14.8 Å². The molecule has 2 unspecified atom stereocenters. The zero-order chi connectivity index (χ0) is 21.8. The zero-order valence-electron chi connectivity index (χ0n) is 14.6. The molecule has 0 spiro atoms. The van der Waals surface area contributed by atoms with Crippen LogP contribution in [0, 0.1) is 28.9 Å². The van der Waals surface area contributed by atoms with Crippen molar-refractivity contribution in [3.8, 4) is 17.6 Å². The zero-order valence-corrected chi connectivity index (χ0v) is 16.1. The molecule has 2 aromatic carbocycles. The van der Waals surface area contributed by atoms with Crippen LogP contribution >= 0.6 is 15.9 Å². The highest BCUT2D eigenvalue weighted by molar-refractivity contribution is 9.10. The fraction of sp³-hybridized carbons (Fsp3) is 0.222. The van der Waals surface area contributed by atoms with E-state index in [0.717, 1.165) is 36.4 Å². The molecular weight excluding hydrogens is 467 g/mol. The molecule has 0 bridgehead atoms. The third-order valence-electron chi connectivity index (χ3n) is 3.51. The van der Waals surface area contributed by atoms with Crippen molar-refractivity contribution >= 4 is 21.8 Å². The molecule has 0 heterocycles. The van der Waals surface area contributed by atoms with Gasteiger partial charge in [-0.05, 0) is 53.2 Å². The predicted octanol–water partition coefficient (Wildman–Crippen LogP) is 4.92. The van der Waals surface area contributed by atoms with E-state index in [9.17, 15) is 26.7 Å². The number of carbonyl (C=O) groups excluding carboxylic acids is 1. The van der Waals surface area contributed by atoms with Crippen molar-refractivity contribution in [3.05, 3.63) is 58.1 Å². The second-order valence-electron chi connectivity index (χ2n) is 5.70. The first-order valence-corrected chi connectivity index (χ1v) is 8.67. The standard InChI is InChI=1S/C18H12BrF5N2O3/c1-9(8-25)17(28-15-7-14(21)13(20)6-12(15)19)26-16(27)10-2-4-11(5-3-10)29-18(22,23)24/h2-7,9,17H,1H3,(H,26,27). The molecule has 0 saturated heterocycles. The highest BCUT2D eigenvalue weighted by Crippen LogP contribution is 2.29. The van der Waals surface area contributed by atoms with Gasteiger partial charge in [-0.15, -0.1) is 13.2 Å². The summed E-state index contributed by atoms with van der Waals surface area (Å²) in [5.74, 6) is -4.68. The van der Waals surface area contributed by atoms with Crippen LogP contribution in [0.15, 0.2) is 40.9 Å². The van der Waals surface area contributed by atoms with E-state index in [-0.39, 0.29) is 15.8 Å². The van der Waals surface area contributed by atoms with Gasteiger partial charge in [-0.3, -0.25) is 4.79 Å². The van der Waals surface area contributed by atoms with E-state index in [0.29, 0.717) is 0 Å². The molecule has 5 nitrogen and oxygen atoms in total. The Hall–Kier alpha value is -2.87. The van der Waals surface area contributed by atoms with Crippen LogP contribution in [0.25, 0.3) is 0 Å². The molecule has 0 saturated carbocycles.